The van der Waals surface area contributed by atoms with Gasteiger partial charge in [0.1, 0.15) is 6.29 Å². The highest BCUT2D eigenvalue weighted by Gasteiger charge is 2.26. The first-order chi connectivity index (χ1) is 10.6. The SMILES string of the molecule is CC(=O)N1CCC[C@H]1CCc1cc2ccc(C=O)cc2n1C. The van der Waals surface area contributed by atoms with E-state index in [1.165, 1.54) is 5.69 Å². The van der Waals surface area contributed by atoms with Crippen molar-refractivity contribution < 1.29 is 9.59 Å². The molecule has 1 aliphatic rings. The molecule has 0 unspecified atom stereocenters. The van der Waals surface area contributed by atoms with Crippen molar-refractivity contribution in [3.8, 4) is 0 Å². The molecule has 2 heterocycles. The predicted octanol–water partition coefficient (Wildman–Crippen LogP) is 2.93. The van der Waals surface area contributed by atoms with Crippen molar-refractivity contribution in [3.63, 3.8) is 0 Å². The fraction of sp³-hybridized carbons (Fsp3) is 0.444. The first-order valence-corrected chi connectivity index (χ1v) is 7.91. The molecule has 0 N–H and O–H groups in total. The number of nitrogens with zero attached hydrogens (tertiary/aromatic N) is 2. The second kappa shape index (κ2) is 5.95. The average molecular weight is 298 g/mol. The molecule has 1 atom stereocenters. The Morgan fingerprint density at radius 2 is 2.18 bits per heavy atom. The fourth-order valence-electron chi connectivity index (χ4n) is 3.58. The number of aryl methyl sites for hydroxylation is 2. The highest BCUT2D eigenvalue weighted by atomic mass is 16.2. The summed E-state index contributed by atoms with van der Waals surface area (Å²) in [5, 5.41) is 1.16. The Balaban J connectivity index is 1.78. The van der Waals surface area contributed by atoms with E-state index in [0.717, 1.165) is 49.4 Å². The number of likely N-dealkylation sites (tertiary alicyclic amines) is 1. The van der Waals surface area contributed by atoms with Gasteiger partial charge in [-0.3, -0.25) is 9.59 Å². The topological polar surface area (TPSA) is 42.3 Å². The molecule has 3 rings (SSSR count). The Labute approximate surface area is 130 Å². The minimum Gasteiger partial charge on any atom is -0.348 e. The summed E-state index contributed by atoms with van der Waals surface area (Å²) in [6.07, 6.45) is 5.07. The molecule has 1 saturated heterocycles. The zero-order valence-electron chi connectivity index (χ0n) is 13.2. The third kappa shape index (κ3) is 2.65. The van der Waals surface area contributed by atoms with Gasteiger partial charge >= 0.3 is 0 Å². The van der Waals surface area contributed by atoms with Gasteiger partial charge < -0.3 is 9.47 Å². The van der Waals surface area contributed by atoms with Crippen LogP contribution in [0.3, 0.4) is 0 Å². The normalized spacial score (nSPS) is 18.1. The summed E-state index contributed by atoms with van der Waals surface area (Å²) < 4.78 is 2.16. The Kier molecular flexibility index (Phi) is 4.01. The maximum Gasteiger partial charge on any atom is 0.219 e. The van der Waals surface area contributed by atoms with E-state index in [1.54, 1.807) is 6.92 Å². The van der Waals surface area contributed by atoms with E-state index in [1.807, 2.05) is 30.1 Å². The minimum absolute atomic E-state index is 0.190. The number of rotatable bonds is 4. The smallest absolute Gasteiger partial charge is 0.219 e. The highest BCUT2D eigenvalue weighted by molar-refractivity contribution is 5.88. The van der Waals surface area contributed by atoms with E-state index in [-0.39, 0.29) is 5.91 Å². The molecule has 0 spiro atoms. The Bertz CT molecular complexity index is 717. The fourth-order valence-corrected chi connectivity index (χ4v) is 3.58. The van der Waals surface area contributed by atoms with Gasteiger partial charge in [-0.25, -0.2) is 0 Å². The van der Waals surface area contributed by atoms with Crippen molar-refractivity contribution in [2.75, 3.05) is 6.54 Å². The lowest BCUT2D eigenvalue weighted by atomic mass is 10.1. The third-order valence-corrected chi connectivity index (χ3v) is 4.82. The van der Waals surface area contributed by atoms with Crippen molar-refractivity contribution in [2.45, 2.75) is 38.6 Å². The lowest BCUT2D eigenvalue weighted by molar-refractivity contribution is -0.129. The number of benzene rings is 1. The van der Waals surface area contributed by atoms with Gasteiger partial charge in [0.05, 0.1) is 0 Å². The van der Waals surface area contributed by atoms with Crippen LogP contribution < -0.4 is 0 Å². The van der Waals surface area contributed by atoms with Gasteiger partial charge in [-0.05, 0) is 43.2 Å². The molecule has 1 aromatic heterocycles. The van der Waals surface area contributed by atoms with Gasteiger partial charge in [-0.2, -0.15) is 0 Å². The maximum absolute atomic E-state index is 11.6. The van der Waals surface area contributed by atoms with E-state index in [2.05, 4.69) is 10.6 Å². The van der Waals surface area contributed by atoms with Crippen LogP contribution in [0.15, 0.2) is 24.3 Å². The van der Waals surface area contributed by atoms with Crippen LogP contribution in [-0.4, -0.2) is 34.2 Å². The molecule has 22 heavy (non-hydrogen) atoms. The standard InChI is InChI=1S/C18H22N2O2/c1-13(22)20-9-3-4-16(20)7-8-17-11-15-6-5-14(12-21)10-18(15)19(17)2/h5-6,10-12,16H,3-4,7-9H2,1-2H3/t16-/m0/s1. The molecule has 1 amide bonds. The Morgan fingerprint density at radius 3 is 2.91 bits per heavy atom. The predicted molar refractivity (Wildman–Crippen MR) is 87.0 cm³/mol. The number of fused-ring (bicyclic) bond motifs is 1. The molecular weight excluding hydrogens is 276 g/mol. The molecule has 0 radical (unpaired) electrons. The van der Waals surface area contributed by atoms with Crippen LogP contribution in [0.4, 0.5) is 0 Å². The zero-order valence-corrected chi connectivity index (χ0v) is 13.2. The Hall–Kier alpha value is -2.10. The lowest BCUT2D eigenvalue weighted by Gasteiger charge is -2.23. The zero-order chi connectivity index (χ0) is 15.7. The second-order valence-electron chi connectivity index (χ2n) is 6.18. The monoisotopic (exact) mass is 298 g/mol. The number of carbonyl (C=O) groups excluding carboxylic acids is 2. The second-order valence-corrected chi connectivity index (χ2v) is 6.18. The van der Waals surface area contributed by atoms with E-state index >= 15 is 0 Å². The summed E-state index contributed by atoms with van der Waals surface area (Å²) >= 11 is 0. The molecule has 116 valence electrons. The summed E-state index contributed by atoms with van der Waals surface area (Å²) in [5.74, 6) is 0.190. The van der Waals surface area contributed by atoms with Gasteiger partial charge in [-0.1, -0.05) is 12.1 Å². The van der Waals surface area contributed by atoms with Gasteiger partial charge in [0.2, 0.25) is 5.91 Å². The van der Waals surface area contributed by atoms with Crippen LogP contribution in [0, 0.1) is 0 Å². The van der Waals surface area contributed by atoms with Gasteiger partial charge in [-0.15, -0.1) is 0 Å². The van der Waals surface area contributed by atoms with Crippen LogP contribution in [-0.2, 0) is 18.3 Å². The maximum atomic E-state index is 11.6. The molecule has 0 aliphatic carbocycles. The number of aromatic nitrogens is 1. The Morgan fingerprint density at radius 1 is 1.36 bits per heavy atom. The summed E-state index contributed by atoms with van der Waals surface area (Å²) in [7, 11) is 2.05. The van der Waals surface area contributed by atoms with Crippen molar-refractivity contribution in [3.05, 3.63) is 35.5 Å². The molecule has 2 aromatic rings. The van der Waals surface area contributed by atoms with Crippen LogP contribution in [0.2, 0.25) is 0 Å². The number of aldehydes is 1. The highest BCUT2D eigenvalue weighted by Crippen LogP contribution is 2.25. The van der Waals surface area contributed by atoms with Crippen LogP contribution in [0.1, 0.15) is 42.2 Å². The third-order valence-electron chi connectivity index (χ3n) is 4.82. The molecule has 1 aliphatic heterocycles. The molecule has 0 bridgehead atoms. The van der Waals surface area contributed by atoms with Crippen LogP contribution in [0.25, 0.3) is 10.9 Å². The van der Waals surface area contributed by atoms with Crippen molar-refractivity contribution in [2.24, 2.45) is 7.05 Å². The van der Waals surface area contributed by atoms with E-state index < -0.39 is 0 Å². The number of amides is 1. The first-order valence-electron chi connectivity index (χ1n) is 7.91. The summed E-state index contributed by atoms with van der Waals surface area (Å²) in [6.45, 7) is 2.56. The van der Waals surface area contributed by atoms with E-state index in [0.29, 0.717) is 11.6 Å². The van der Waals surface area contributed by atoms with Gasteiger partial charge in [0, 0.05) is 43.3 Å². The van der Waals surface area contributed by atoms with E-state index in [4.69, 9.17) is 0 Å². The van der Waals surface area contributed by atoms with Crippen molar-refractivity contribution in [1.29, 1.82) is 0 Å². The van der Waals surface area contributed by atoms with Crippen molar-refractivity contribution >= 4 is 23.1 Å². The average Bonchev–Trinajstić information content (AvgIpc) is 3.10. The molecule has 1 aromatic carbocycles. The first kappa shape index (κ1) is 14.8. The molecule has 4 heteroatoms. The largest absolute Gasteiger partial charge is 0.348 e. The molecule has 1 fully saturated rings. The molecule has 0 saturated carbocycles. The molecular formula is C18H22N2O2. The van der Waals surface area contributed by atoms with Gasteiger partial charge in [0.25, 0.3) is 0 Å². The lowest BCUT2D eigenvalue weighted by Crippen LogP contribution is -2.33. The quantitative estimate of drug-likeness (QED) is 0.814. The van der Waals surface area contributed by atoms with E-state index in [9.17, 15) is 9.59 Å². The summed E-state index contributed by atoms with van der Waals surface area (Å²) in [5.41, 5.74) is 3.06. The summed E-state index contributed by atoms with van der Waals surface area (Å²) in [4.78, 5) is 24.6. The summed E-state index contributed by atoms with van der Waals surface area (Å²) in [6, 6.07) is 8.36. The molecule has 4 nitrogen and oxygen atoms in total. The van der Waals surface area contributed by atoms with Gasteiger partial charge in [0.15, 0.2) is 0 Å². The number of hydrogen-bond acceptors (Lipinski definition) is 2. The number of carbonyl (C=O) groups is 2. The minimum atomic E-state index is 0.190. The van der Waals surface area contributed by atoms with Crippen molar-refractivity contribution in [1.82, 2.24) is 9.47 Å². The van der Waals surface area contributed by atoms with Crippen LogP contribution >= 0.6 is 0 Å². The van der Waals surface area contributed by atoms with Crippen LogP contribution in [0.5, 0.6) is 0 Å². The number of hydrogen-bond donors (Lipinski definition) is 0.